The highest BCUT2D eigenvalue weighted by atomic mass is 19.1. The van der Waals surface area contributed by atoms with E-state index in [0.717, 1.165) is 0 Å². The van der Waals surface area contributed by atoms with Crippen LogP contribution in [0, 0.1) is 5.82 Å². The summed E-state index contributed by atoms with van der Waals surface area (Å²) in [4.78, 5) is 27.3. The molecule has 7 heteroatoms. The van der Waals surface area contributed by atoms with Crippen LogP contribution in [0.15, 0.2) is 24.3 Å². The monoisotopic (exact) mass is 337 g/mol. The Kier molecular flexibility index (Phi) is 6.84. The van der Waals surface area contributed by atoms with Crippen LogP contribution in [0.4, 0.5) is 9.18 Å². The molecule has 0 spiro atoms. The van der Waals surface area contributed by atoms with Crippen molar-refractivity contribution in [2.24, 2.45) is 0 Å². The van der Waals surface area contributed by atoms with E-state index < -0.39 is 5.82 Å². The van der Waals surface area contributed by atoms with Crippen LogP contribution in [0.3, 0.4) is 0 Å². The van der Waals surface area contributed by atoms with Gasteiger partial charge < -0.3 is 19.9 Å². The van der Waals surface area contributed by atoms with Crippen molar-refractivity contribution in [3.63, 3.8) is 0 Å². The van der Waals surface area contributed by atoms with E-state index in [9.17, 15) is 14.0 Å². The number of hydrogen-bond acceptors (Lipinski definition) is 3. The van der Waals surface area contributed by atoms with Crippen molar-refractivity contribution in [2.75, 3.05) is 39.3 Å². The third-order valence-electron chi connectivity index (χ3n) is 3.88. The maximum Gasteiger partial charge on any atom is 0.317 e. The third-order valence-corrected chi connectivity index (χ3v) is 3.88. The zero-order chi connectivity index (χ0) is 17.4. The van der Waals surface area contributed by atoms with Crippen LogP contribution in [0.2, 0.25) is 0 Å². The lowest BCUT2D eigenvalue weighted by atomic mass is 10.2. The number of carbonyl (C=O) groups excluding carboxylic acids is 2. The Morgan fingerprint density at radius 1 is 1.17 bits per heavy atom. The Morgan fingerprint density at radius 2 is 1.83 bits per heavy atom. The molecule has 0 unspecified atom stereocenters. The molecule has 0 atom stereocenters. The van der Waals surface area contributed by atoms with E-state index in [4.69, 9.17) is 4.74 Å². The lowest BCUT2D eigenvalue weighted by Crippen LogP contribution is -2.53. The first kappa shape index (κ1) is 18.0. The summed E-state index contributed by atoms with van der Waals surface area (Å²) in [6.07, 6.45) is 0.888. The summed E-state index contributed by atoms with van der Waals surface area (Å²) in [5.74, 6) is -0.145. The fraction of sp³-hybridized carbons (Fsp3) is 0.529. The van der Waals surface area contributed by atoms with Gasteiger partial charge in [-0.05, 0) is 25.5 Å². The largest absolute Gasteiger partial charge is 0.491 e. The molecule has 3 amide bonds. The minimum atomic E-state index is -0.398. The van der Waals surface area contributed by atoms with Gasteiger partial charge in [0.1, 0.15) is 0 Å². The van der Waals surface area contributed by atoms with Gasteiger partial charge in [0.25, 0.3) is 0 Å². The molecule has 0 bridgehead atoms. The summed E-state index contributed by atoms with van der Waals surface area (Å²) in [6, 6.07) is 6.14. The Balaban J connectivity index is 1.65. The molecule has 1 aromatic carbocycles. The number of benzene rings is 1. The molecule has 0 radical (unpaired) electrons. The molecule has 1 N–H and O–H groups in total. The molecular formula is C17H24FN3O3. The van der Waals surface area contributed by atoms with E-state index in [-0.39, 0.29) is 17.7 Å². The molecule has 132 valence electrons. The van der Waals surface area contributed by atoms with Crippen LogP contribution < -0.4 is 10.1 Å². The molecule has 2 rings (SSSR count). The summed E-state index contributed by atoms with van der Waals surface area (Å²) in [5, 5.41) is 2.76. The van der Waals surface area contributed by atoms with Crippen LogP contribution in [-0.2, 0) is 4.79 Å². The van der Waals surface area contributed by atoms with Crippen LogP contribution in [0.25, 0.3) is 0 Å². The maximum absolute atomic E-state index is 13.4. The average Bonchev–Trinajstić information content (AvgIpc) is 2.60. The summed E-state index contributed by atoms with van der Waals surface area (Å²) in [5.41, 5.74) is 0. The molecule has 1 saturated heterocycles. The molecule has 0 aromatic heterocycles. The van der Waals surface area contributed by atoms with Crippen molar-refractivity contribution in [3.8, 4) is 5.75 Å². The highest BCUT2D eigenvalue weighted by Crippen LogP contribution is 2.15. The first-order valence-corrected chi connectivity index (χ1v) is 8.29. The van der Waals surface area contributed by atoms with E-state index >= 15 is 0 Å². The van der Waals surface area contributed by atoms with Gasteiger partial charge in [-0.25, -0.2) is 9.18 Å². The third kappa shape index (κ3) is 5.11. The Hall–Kier alpha value is -2.31. The van der Waals surface area contributed by atoms with E-state index in [2.05, 4.69) is 5.32 Å². The normalized spacial score (nSPS) is 14.4. The predicted octanol–water partition coefficient (Wildman–Crippen LogP) is 1.86. The second kappa shape index (κ2) is 9.10. The second-order valence-electron chi connectivity index (χ2n) is 5.59. The molecule has 0 saturated carbocycles. The summed E-state index contributed by atoms with van der Waals surface area (Å²) in [6.45, 7) is 4.95. The Bertz CT molecular complexity index is 560. The lowest BCUT2D eigenvalue weighted by Gasteiger charge is -2.34. The summed E-state index contributed by atoms with van der Waals surface area (Å²) in [7, 11) is 0. The molecule has 24 heavy (non-hydrogen) atoms. The number of piperazine rings is 1. The van der Waals surface area contributed by atoms with Crippen molar-refractivity contribution in [3.05, 3.63) is 30.1 Å². The molecule has 0 aliphatic carbocycles. The lowest BCUT2D eigenvalue weighted by molar-refractivity contribution is -0.132. The van der Waals surface area contributed by atoms with Gasteiger partial charge in [0.2, 0.25) is 5.91 Å². The van der Waals surface area contributed by atoms with Crippen molar-refractivity contribution in [1.29, 1.82) is 0 Å². The maximum atomic E-state index is 13.4. The van der Waals surface area contributed by atoms with Crippen LogP contribution in [0.5, 0.6) is 5.75 Å². The highest BCUT2D eigenvalue weighted by Gasteiger charge is 2.23. The first-order chi connectivity index (χ1) is 11.6. The molecule has 1 heterocycles. The van der Waals surface area contributed by atoms with E-state index in [0.29, 0.717) is 52.2 Å². The highest BCUT2D eigenvalue weighted by molar-refractivity contribution is 5.77. The number of para-hydroxylation sites is 1. The number of halogens is 1. The van der Waals surface area contributed by atoms with E-state index in [1.54, 1.807) is 28.0 Å². The van der Waals surface area contributed by atoms with Crippen LogP contribution in [0.1, 0.15) is 19.8 Å². The van der Waals surface area contributed by atoms with Gasteiger partial charge in [-0.1, -0.05) is 12.1 Å². The fourth-order valence-corrected chi connectivity index (χ4v) is 2.55. The van der Waals surface area contributed by atoms with E-state index in [1.807, 2.05) is 6.92 Å². The fourth-order valence-electron chi connectivity index (χ4n) is 2.55. The number of carbonyl (C=O) groups is 2. The number of nitrogens with one attached hydrogen (secondary N) is 1. The number of hydrogen-bond donors (Lipinski definition) is 1. The van der Waals surface area contributed by atoms with Crippen LogP contribution in [-0.4, -0.2) is 61.1 Å². The van der Waals surface area contributed by atoms with Gasteiger partial charge in [-0.15, -0.1) is 0 Å². The predicted molar refractivity (Wildman–Crippen MR) is 88.4 cm³/mol. The number of ether oxygens (including phenoxy) is 1. The molecule has 1 fully saturated rings. The number of amides is 3. The number of rotatable bonds is 6. The average molecular weight is 337 g/mol. The smallest absolute Gasteiger partial charge is 0.317 e. The minimum Gasteiger partial charge on any atom is -0.491 e. The zero-order valence-corrected chi connectivity index (χ0v) is 14.0. The van der Waals surface area contributed by atoms with Crippen molar-refractivity contribution in [1.82, 2.24) is 15.1 Å². The molecular weight excluding hydrogens is 313 g/mol. The van der Waals surface area contributed by atoms with Crippen molar-refractivity contribution in [2.45, 2.75) is 19.8 Å². The number of urea groups is 1. The second-order valence-corrected chi connectivity index (χ2v) is 5.59. The summed E-state index contributed by atoms with van der Waals surface area (Å²) < 4.78 is 18.7. The van der Waals surface area contributed by atoms with Gasteiger partial charge in [0.05, 0.1) is 6.61 Å². The Labute approximate surface area is 141 Å². The van der Waals surface area contributed by atoms with E-state index in [1.165, 1.54) is 6.07 Å². The molecule has 1 aliphatic heterocycles. The molecule has 6 nitrogen and oxygen atoms in total. The molecule has 1 aromatic rings. The van der Waals surface area contributed by atoms with Crippen LogP contribution >= 0.6 is 0 Å². The standard InChI is InChI=1S/C17H24FN3O3/c1-2-19-17(23)21-11-9-20(10-12-21)16(22)8-5-13-24-15-7-4-3-6-14(15)18/h3-4,6-7H,2,5,8-13H2,1H3,(H,19,23). The van der Waals surface area contributed by atoms with Gasteiger partial charge in [0.15, 0.2) is 11.6 Å². The van der Waals surface area contributed by atoms with Crippen molar-refractivity contribution >= 4 is 11.9 Å². The minimum absolute atomic E-state index is 0.0442. The zero-order valence-electron chi connectivity index (χ0n) is 14.0. The molecule has 1 aliphatic rings. The number of nitrogens with zero attached hydrogens (tertiary/aromatic N) is 2. The SMILES string of the molecule is CCNC(=O)N1CCN(C(=O)CCCOc2ccccc2F)CC1. The summed E-state index contributed by atoms with van der Waals surface area (Å²) >= 11 is 0. The van der Waals surface area contributed by atoms with Crippen molar-refractivity contribution < 1.29 is 18.7 Å². The van der Waals surface area contributed by atoms with Gasteiger partial charge in [-0.3, -0.25) is 4.79 Å². The Morgan fingerprint density at radius 3 is 2.50 bits per heavy atom. The quantitative estimate of drug-likeness (QED) is 0.806. The first-order valence-electron chi connectivity index (χ1n) is 8.29. The van der Waals surface area contributed by atoms with Gasteiger partial charge in [-0.2, -0.15) is 0 Å². The van der Waals surface area contributed by atoms with Gasteiger partial charge >= 0.3 is 6.03 Å². The topological polar surface area (TPSA) is 61.9 Å². The van der Waals surface area contributed by atoms with Gasteiger partial charge in [0, 0.05) is 39.1 Å².